The number of hydrogen-bond donors (Lipinski definition) is 0. The molecule has 1 fully saturated rings. The molecule has 0 aromatic heterocycles. The van der Waals surface area contributed by atoms with Crippen LogP contribution in [0.5, 0.6) is 0 Å². The van der Waals surface area contributed by atoms with E-state index in [1.807, 2.05) is 0 Å². The topological polar surface area (TPSA) is 12.5 Å². The van der Waals surface area contributed by atoms with Gasteiger partial charge in [0.15, 0.2) is 0 Å². The van der Waals surface area contributed by atoms with Gasteiger partial charge in [0.25, 0.3) is 0 Å². The van der Waals surface area contributed by atoms with E-state index in [1.165, 1.54) is 12.0 Å². The summed E-state index contributed by atoms with van der Waals surface area (Å²) < 4.78 is 5.31. The molecule has 1 aliphatic rings. The summed E-state index contributed by atoms with van der Waals surface area (Å²) in [6.07, 6.45) is 2.40. The summed E-state index contributed by atoms with van der Waals surface area (Å²) in [6.45, 7) is 9.39. The van der Waals surface area contributed by atoms with Crippen LogP contribution in [0.1, 0.15) is 25.8 Å². The molecule has 2 nitrogen and oxygen atoms in total. The predicted molar refractivity (Wildman–Crippen MR) is 73.4 cm³/mol. The number of morpholine rings is 1. The van der Waals surface area contributed by atoms with Crippen LogP contribution >= 0.6 is 0 Å². The lowest BCUT2D eigenvalue weighted by atomic mass is 10.1. The Morgan fingerprint density at radius 1 is 1.06 bits per heavy atom. The van der Waals surface area contributed by atoms with Gasteiger partial charge in [-0.2, -0.15) is 0 Å². The maximum absolute atomic E-state index is 5.31. The fraction of sp³-hybridized carbons (Fsp3) is 0.600. The molecule has 2 heteroatoms. The van der Waals surface area contributed by atoms with Gasteiger partial charge in [0, 0.05) is 19.6 Å². The van der Waals surface area contributed by atoms with Gasteiger partial charge in [0.1, 0.15) is 0 Å². The SMILES string of the molecule is CCC.c1ccc(CCN2CCOCC2)cc1. The first kappa shape index (κ1) is 14.2. The molecule has 17 heavy (non-hydrogen) atoms. The Morgan fingerprint density at radius 2 is 1.65 bits per heavy atom. The zero-order valence-corrected chi connectivity index (χ0v) is 11.2. The van der Waals surface area contributed by atoms with Crippen LogP contribution in [0.25, 0.3) is 0 Å². The minimum Gasteiger partial charge on any atom is -0.379 e. The van der Waals surface area contributed by atoms with E-state index in [-0.39, 0.29) is 0 Å². The maximum Gasteiger partial charge on any atom is 0.0594 e. The lowest BCUT2D eigenvalue weighted by Gasteiger charge is -2.26. The predicted octanol–water partition coefficient (Wildman–Crippen LogP) is 2.98. The number of rotatable bonds is 3. The molecule has 0 spiro atoms. The number of ether oxygens (including phenoxy) is 1. The van der Waals surface area contributed by atoms with E-state index in [0.29, 0.717) is 0 Å². The van der Waals surface area contributed by atoms with Gasteiger partial charge in [-0.1, -0.05) is 50.6 Å². The van der Waals surface area contributed by atoms with Crippen molar-refractivity contribution in [1.82, 2.24) is 4.90 Å². The van der Waals surface area contributed by atoms with Crippen molar-refractivity contribution in [2.45, 2.75) is 26.7 Å². The summed E-state index contributed by atoms with van der Waals surface area (Å²) >= 11 is 0. The summed E-state index contributed by atoms with van der Waals surface area (Å²) in [5.41, 5.74) is 1.43. The Labute approximate surface area is 106 Å². The molecule has 0 radical (unpaired) electrons. The molecular formula is C15H25NO. The van der Waals surface area contributed by atoms with Gasteiger partial charge in [0.2, 0.25) is 0 Å². The highest BCUT2D eigenvalue weighted by atomic mass is 16.5. The fourth-order valence-electron chi connectivity index (χ4n) is 1.76. The average Bonchev–Trinajstić information content (AvgIpc) is 2.40. The molecule has 0 amide bonds. The number of nitrogens with zero attached hydrogens (tertiary/aromatic N) is 1. The van der Waals surface area contributed by atoms with Gasteiger partial charge in [0.05, 0.1) is 13.2 Å². The second kappa shape index (κ2) is 9.20. The Hall–Kier alpha value is -0.860. The first-order chi connectivity index (χ1) is 8.36. The van der Waals surface area contributed by atoms with Crippen molar-refractivity contribution in [3.05, 3.63) is 35.9 Å². The van der Waals surface area contributed by atoms with Crippen LogP contribution in [0.4, 0.5) is 0 Å². The van der Waals surface area contributed by atoms with Crippen LogP contribution in [0, 0.1) is 0 Å². The molecule has 1 saturated heterocycles. The summed E-state index contributed by atoms with van der Waals surface area (Å²) in [5, 5.41) is 0. The van der Waals surface area contributed by atoms with E-state index in [0.717, 1.165) is 39.3 Å². The van der Waals surface area contributed by atoms with Crippen molar-refractivity contribution in [3.63, 3.8) is 0 Å². The van der Waals surface area contributed by atoms with Crippen molar-refractivity contribution >= 4 is 0 Å². The molecule has 2 rings (SSSR count). The zero-order valence-electron chi connectivity index (χ0n) is 11.2. The van der Waals surface area contributed by atoms with Crippen LogP contribution in [-0.4, -0.2) is 37.7 Å². The zero-order chi connectivity index (χ0) is 12.3. The van der Waals surface area contributed by atoms with Crippen molar-refractivity contribution in [3.8, 4) is 0 Å². The Kier molecular flexibility index (Phi) is 7.69. The summed E-state index contributed by atoms with van der Waals surface area (Å²) in [4.78, 5) is 2.47. The molecule has 0 saturated carbocycles. The third kappa shape index (κ3) is 6.44. The van der Waals surface area contributed by atoms with Crippen molar-refractivity contribution in [2.75, 3.05) is 32.8 Å². The molecule has 0 bridgehead atoms. The maximum atomic E-state index is 5.31. The van der Waals surface area contributed by atoms with E-state index in [1.54, 1.807) is 0 Å². The molecule has 1 heterocycles. The van der Waals surface area contributed by atoms with Crippen LogP contribution in [0.15, 0.2) is 30.3 Å². The minimum absolute atomic E-state index is 0.898. The molecular weight excluding hydrogens is 210 g/mol. The Morgan fingerprint density at radius 3 is 2.24 bits per heavy atom. The average molecular weight is 235 g/mol. The van der Waals surface area contributed by atoms with Crippen molar-refractivity contribution < 1.29 is 4.74 Å². The minimum atomic E-state index is 0.898. The van der Waals surface area contributed by atoms with Gasteiger partial charge >= 0.3 is 0 Å². The second-order valence-corrected chi connectivity index (χ2v) is 4.40. The quantitative estimate of drug-likeness (QED) is 0.798. The molecule has 1 aromatic rings. The molecule has 1 aliphatic heterocycles. The van der Waals surface area contributed by atoms with Crippen molar-refractivity contribution in [1.29, 1.82) is 0 Å². The Bertz CT molecular complexity index is 268. The largest absolute Gasteiger partial charge is 0.379 e. The lowest BCUT2D eigenvalue weighted by Crippen LogP contribution is -2.37. The first-order valence-corrected chi connectivity index (χ1v) is 6.70. The van der Waals surface area contributed by atoms with Crippen LogP contribution < -0.4 is 0 Å². The molecule has 0 unspecified atom stereocenters. The van der Waals surface area contributed by atoms with Gasteiger partial charge in [-0.3, -0.25) is 4.90 Å². The van der Waals surface area contributed by atoms with Gasteiger partial charge in [-0.15, -0.1) is 0 Å². The molecule has 96 valence electrons. The van der Waals surface area contributed by atoms with Crippen molar-refractivity contribution in [2.24, 2.45) is 0 Å². The normalized spacial score (nSPS) is 16.1. The highest BCUT2D eigenvalue weighted by molar-refractivity contribution is 5.14. The fourth-order valence-corrected chi connectivity index (χ4v) is 1.76. The monoisotopic (exact) mass is 235 g/mol. The van der Waals surface area contributed by atoms with Crippen LogP contribution in [0.2, 0.25) is 0 Å². The Balaban J connectivity index is 0.000000437. The van der Waals surface area contributed by atoms with Gasteiger partial charge in [-0.25, -0.2) is 0 Å². The highest BCUT2D eigenvalue weighted by Gasteiger charge is 2.09. The summed E-state index contributed by atoms with van der Waals surface area (Å²) in [6, 6.07) is 10.7. The summed E-state index contributed by atoms with van der Waals surface area (Å²) in [5.74, 6) is 0. The van der Waals surface area contributed by atoms with E-state index < -0.39 is 0 Å². The van der Waals surface area contributed by atoms with Gasteiger partial charge in [-0.05, 0) is 12.0 Å². The summed E-state index contributed by atoms with van der Waals surface area (Å²) in [7, 11) is 0. The number of hydrogen-bond acceptors (Lipinski definition) is 2. The van der Waals surface area contributed by atoms with E-state index in [2.05, 4.69) is 49.1 Å². The van der Waals surface area contributed by atoms with Crippen LogP contribution in [-0.2, 0) is 11.2 Å². The van der Waals surface area contributed by atoms with E-state index in [9.17, 15) is 0 Å². The molecule has 0 N–H and O–H groups in total. The third-order valence-electron chi connectivity index (χ3n) is 2.66. The molecule has 1 aromatic carbocycles. The van der Waals surface area contributed by atoms with E-state index >= 15 is 0 Å². The smallest absolute Gasteiger partial charge is 0.0594 e. The third-order valence-corrected chi connectivity index (χ3v) is 2.66. The van der Waals surface area contributed by atoms with E-state index in [4.69, 9.17) is 4.74 Å². The molecule has 0 atom stereocenters. The standard InChI is InChI=1S/C12H17NO.C3H8/c1-2-4-12(5-3-1)6-7-13-8-10-14-11-9-13;1-3-2/h1-5H,6-11H2;3H2,1-2H3. The second-order valence-electron chi connectivity index (χ2n) is 4.40. The van der Waals surface area contributed by atoms with Gasteiger partial charge < -0.3 is 4.74 Å². The number of benzene rings is 1. The first-order valence-electron chi connectivity index (χ1n) is 6.70. The molecule has 0 aliphatic carbocycles. The highest BCUT2D eigenvalue weighted by Crippen LogP contribution is 2.03. The van der Waals surface area contributed by atoms with Crippen LogP contribution in [0.3, 0.4) is 0 Å². The lowest BCUT2D eigenvalue weighted by molar-refractivity contribution is 0.0384.